The lowest BCUT2D eigenvalue weighted by atomic mass is 10.1. The van der Waals surface area contributed by atoms with E-state index >= 15 is 0 Å². The van der Waals surface area contributed by atoms with Crippen LogP contribution in [0.15, 0.2) is 48.9 Å². The maximum absolute atomic E-state index is 12.9. The first-order valence-corrected chi connectivity index (χ1v) is 9.55. The molecule has 0 fully saturated rings. The van der Waals surface area contributed by atoms with Gasteiger partial charge in [0, 0.05) is 18.8 Å². The van der Waals surface area contributed by atoms with Crippen LogP contribution in [0.1, 0.15) is 16.1 Å². The molecule has 0 unspecified atom stereocenters. The molecule has 2 amide bonds. The normalized spacial score (nSPS) is 10.5. The van der Waals surface area contributed by atoms with E-state index in [0.29, 0.717) is 23.6 Å². The third kappa shape index (κ3) is 5.31. The Labute approximate surface area is 179 Å². The molecule has 0 bridgehead atoms. The van der Waals surface area contributed by atoms with Gasteiger partial charge >= 0.3 is 0 Å². The minimum atomic E-state index is -0.548. The van der Waals surface area contributed by atoms with Gasteiger partial charge in [0.25, 0.3) is 5.91 Å². The van der Waals surface area contributed by atoms with Gasteiger partial charge in [0.15, 0.2) is 11.5 Å². The molecule has 31 heavy (non-hydrogen) atoms. The Morgan fingerprint density at radius 1 is 1.13 bits per heavy atom. The van der Waals surface area contributed by atoms with Gasteiger partial charge < -0.3 is 27.4 Å². The summed E-state index contributed by atoms with van der Waals surface area (Å²) in [4.78, 5) is 38.3. The quantitative estimate of drug-likeness (QED) is 0.415. The minimum Gasteiger partial charge on any atom is -0.382 e. The van der Waals surface area contributed by atoms with E-state index in [4.69, 9.17) is 17.2 Å². The highest BCUT2D eigenvalue weighted by Crippen LogP contribution is 2.25. The topological polar surface area (TPSA) is 166 Å². The first kappa shape index (κ1) is 21.7. The third-order valence-electron chi connectivity index (χ3n) is 4.55. The maximum atomic E-state index is 12.9. The molecule has 10 heteroatoms. The van der Waals surface area contributed by atoms with Crippen molar-refractivity contribution in [1.29, 1.82) is 0 Å². The summed E-state index contributed by atoms with van der Waals surface area (Å²) >= 11 is 0. The van der Waals surface area contributed by atoms with Crippen molar-refractivity contribution in [2.75, 3.05) is 36.1 Å². The summed E-state index contributed by atoms with van der Waals surface area (Å²) in [5, 5.41) is 2.73. The van der Waals surface area contributed by atoms with Crippen LogP contribution in [-0.2, 0) is 11.2 Å². The lowest BCUT2D eigenvalue weighted by molar-refractivity contribution is -0.116. The van der Waals surface area contributed by atoms with Gasteiger partial charge in [0.1, 0.15) is 0 Å². The third-order valence-corrected chi connectivity index (χ3v) is 4.55. The van der Waals surface area contributed by atoms with Gasteiger partial charge in [-0.2, -0.15) is 0 Å². The fourth-order valence-corrected chi connectivity index (χ4v) is 3.03. The zero-order chi connectivity index (χ0) is 22.4. The van der Waals surface area contributed by atoms with Crippen LogP contribution in [0.5, 0.6) is 0 Å². The zero-order valence-electron chi connectivity index (χ0n) is 17.1. The standard InChI is InChI=1S/C21H24N8O2/c1-29(12-18(23)30)17-7-9-25-10-16(17)28-21(31)19-20(24)26-11-15(27-19)14-4-2-13(3-5-14)6-8-22/h2-5,7,9-11H,6,8,12,22H2,1H3,(H2,23,30)(H2,24,26)(H,28,31). The molecule has 2 aromatic heterocycles. The number of primary amides is 1. The van der Waals surface area contributed by atoms with Crippen molar-refractivity contribution in [3.8, 4) is 11.3 Å². The Morgan fingerprint density at radius 2 is 1.87 bits per heavy atom. The molecule has 0 aliphatic heterocycles. The molecule has 3 rings (SSSR count). The van der Waals surface area contributed by atoms with Gasteiger partial charge in [-0.15, -0.1) is 0 Å². The Hall–Kier alpha value is -4.05. The van der Waals surface area contributed by atoms with Gasteiger partial charge in [-0.3, -0.25) is 14.6 Å². The summed E-state index contributed by atoms with van der Waals surface area (Å²) in [5.74, 6) is -1.05. The number of hydrogen-bond donors (Lipinski definition) is 4. The predicted molar refractivity (Wildman–Crippen MR) is 119 cm³/mol. The number of carbonyl (C=O) groups excluding carboxylic acids is 2. The van der Waals surface area contributed by atoms with Crippen LogP contribution in [0.25, 0.3) is 11.3 Å². The van der Waals surface area contributed by atoms with E-state index in [1.165, 1.54) is 12.4 Å². The summed E-state index contributed by atoms with van der Waals surface area (Å²) in [6.45, 7) is 0.542. The lowest BCUT2D eigenvalue weighted by Gasteiger charge is -2.20. The van der Waals surface area contributed by atoms with Crippen molar-refractivity contribution >= 4 is 29.0 Å². The van der Waals surface area contributed by atoms with E-state index in [1.54, 1.807) is 24.2 Å². The molecular weight excluding hydrogens is 396 g/mol. The average Bonchev–Trinajstić information content (AvgIpc) is 2.75. The Balaban J connectivity index is 1.86. The SMILES string of the molecule is CN(CC(N)=O)c1ccncc1NC(=O)c1nc(-c2ccc(CCN)cc2)cnc1N. The molecule has 0 aliphatic carbocycles. The number of likely N-dealkylation sites (N-methyl/N-ethyl adjacent to an activating group) is 1. The van der Waals surface area contributed by atoms with Gasteiger partial charge in [-0.05, 0) is 24.6 Å². The number of pyridine rings is 1. The van der Waals surface area contributed by atoms with Gasteiger partial charge in [0.2, 0.25) is 5.91 Å². The minimum absolute atomic E-state index is 0.00284. The van der Waals surface area contributed by atoms with Crippen LogP contribution in [0.4, 0.5) is 17.2 Å². The molecule has 160 valence electrons. The number of carbonyl (C=O) groups is 2. The predicted octanol–water partition coefficient (Wildman–Crippen LogP) is 0.796. The second kappa shape index (κ2) is 9.63. The van der Waals surface area contributed by atoms with Crippen molar-refractivity contribution in [3.63, 3.8) is 0 Å². The van der Waals surface area contributed by atoms with Crippen LogP contribution >= 0.6 is 0 Å². The van der Waals surface area contributed by atoms with E-state index in [-0.39, 0.29) is 18.1 Å². The fourth-order valence-electron chi connectivity index (χ4n) is 3.03. The smallest absolute Gasteiger partial charge is 0.278 e. The highest BCUT2D eigenvalue weighted by atomic mass is 16.2. The van der Waals surface area contributed by atoms with Crippen LogP contribution in [0, 0.1) is 0 Å². The lowest BCUT2D eigenvalue weighted by Crippen LogP contribution is -2.31. The summed E-state index contributed by atoms with van der Waals surface area (Å²) in [7, 11) is 1.68. The molecule has 10 nitrogen and oxygen atoms in total. The molecule has 0 aliphatic rings. The molecule has 0 spiro atoms. The number of anilines is 3. The van der Waals surface area contributed by atoms with E-state index in [2.05, 4.69) is 20.3 Å². The van der Waals surface area contributed by atoms with Crippen molar-refractivity contribution in [3.05, 3.63) is 60.2 Å². The van der Waals surface area contributed by atoms with E-state index in [9.17, 15) is 9.59 Å². The van der Waals surface area contributed by atoms with E-state index in [0.717, 1.165) is 17.5 Å². The number of rotatable bonds is 8. The number of nitrogen functional groups attached to an aromatic ring is 1. The van der Waals surface area contributed by atoms with E-state index < -0.39 is 11.8 Å². The molecule has 0 saturated carbocycles. The number of nitrogens with zero attached hydrogens (tertiary/aromatic N) is 4. The summed E-state index contributed by atoms with van der Waals surface area (Å²) in [5.41, 5.74) is 20.1. The number of hydrogen-bond acceptors (Lipinski definition) is 8. The monoisotopic (exact) mass is 420 g/mol. The van der Waals surface area contributed by atoms with Crippen LogP contribution in [0.3, 0.4) is 0 Å². The largest absolute Gasteiger partial charge is 0.382 e. The van der Waals surface area contributed by atoms with Gasteiger partial charge in [0.05, 0.1) is 36.0 Å². The van der Waals surface area contributed by atoms with Crippen molar-refractivity contribution in [2.24, 2.45) is 11.5 Å². The number of nitrogens with two attached hydrogens (primary N) is 3. The molecular formula is C21H24N8O2. The number of nitrogens with one attached hydrogen (secondary N) is 1. The van der Waals surface area contributed by atoms with Crippen molar-refractivity contribution < 1.29 is 9.59 Å². The van der Waals surface area contributed by atoms with Crippen LogP contribution in [-0.4, -0.2) is 46.9 Å². The Morgan fingerprint density at radius 3 is 2.55 bits per heavy atom. The van der Waals surface area contributed by atoms with Gasteiger partial charge in [-0.1, -0.05) is 24.3 Å². The zero-order valence-corrected chi connectivity index (χ0v) is 17.1. The number of amides is 2. The fraction of sp³-hybridized carbons (Fsp3) is 0.190. The molecule has 2 heterocycles. The molecule has 0 atom stereocenters. The second-order valence-electron chi connectivity index (χ2n) is 6.89. The second-order valence-corrected chi connectivity index (χ2v) is 6.89. The first-order chi connectivity index (χ1) is 14.9. The summed E-state index contributed by atoms with van der Waals surface area (Å²) < 4.78 is 0. The van der Waals surface area contributed by atoms with Crippen LogP contribution < -0.4 is 27.4 Å². The molecule has 0 saturated heterocycles. The summed E-state index contributed by atoms with van der Waals surface area (Å²) in [6.07, 6.45) is 5.30. The first-order valence-electron chi connectivity index (χ1n) is 9.55. The van der Waals surface area contributed by atoms with Crippen LogP contribution in [0.2, 0.25) is 0 Å². The highest BCUT2D eigenvalue weighted by Gasteiger charge is 2.18. The maximum Gasteiger partial charge on any atom is 0.278 e. The molecule has 0 radical (unpaired) electrons. The van der Waals surface area contributed by atoms with Crippen molar-refractivity contribution in [2.45, 2.75) is 6.42 Å². The number of benzene rings is 1. The average molecular weight is 420 g/mol. The molecule has 3 aromatic rings. The molecule has 1 aromatic carbocycles. The summed E-state index contributed by atoms with van der Waals surface area (Å²) in [6, 6.07) is 9.36. The van der Waals surface area contributed by atoms with Crippen molar-refractivity contribution in [1.82, 2.24) is 15.0 Å². The van der Waals surface area contributed by atoms with E-state index in [1.807, 2.05) is 24.3 Å². The van der Waals surface area contributed by atoms with Gasteiger partial charge in [-0.25, -0.2) is 9.97 Å². The molecule has 7 N–H and O–H groups in total. The number of aromatic nitrogens is 3. The Bertz CT molecular complexity index is 1080. The Kier molecular flexibility index (Phi) is 6.73. The highest BCUT2D eigenvalue weighted by molar-refractivity contribution is 6.07.